The summed E-state index contributed by atoms with van der Waals surface area (Å²) < 4.78 is 10.8. The Morgan fingerprint density at radius 3 is 2.93 bits per heavy atom. The molecule has 0 radical (unpaired) electrons. The zero-order chi connectivity index (χ0) is 19.3. The van der Waals surface area contributed by atoms with Gasteiger partial charge in [-0.3, -0.25) is 9.78 Å². The number of aromatic amines is 1. The quantitative estimate of drug-likeness (QED) is 0.594. The second kappa shape index (κ2) is 8.81. The third kappa shape index (κ3) is 4.24. The number of carbonyl (C=O) groups is 1. The van der Waals surface area contributed by atoms with Crippen LogP contribution < -0.4 is 5.32 Å². The predicted molar refractivity (Wildman–Crippen MR) is 109 cm³/mol. The third-order valence-electron chi connectivity index (χ3n) is 5.10. The average Bonchev–Trinajstić information content (AvgIpc) is 3.40. The van der Waals surface area contributed by atoms with Gasteiger partial charge in [0.1, 0.15) is 0 Å². The lowest BCUT2D eigenvalue weighted by molar-refractivity contribution is -0.00408. The molecule has 4 rings (SSSR count). The number of fused-ring (bicyclic) bond motifs is 1. The Morgan fingerprint density at radius 1 is 1.32 bits per heavy atom. The second-order valence-electron chi connectivity index (χ2n) is 6.97. The van der Waals surface area contributed by atoms with Crippen LogP contribution >= 0.6 is 11.3 Å². The Hall–Kier alpha value is -2.29. The molecule has 1 aliphatic rings. The molecule has 0 aliphatic heterocycles. The van der Waals surface area contributed by atoms with Crippen molar-refractivity contribution in [3.05, 3.63) is 35.6 Å². The molecule has 3 aromatic rings. The minimum Gasteiger partial charge on any atom is -0.382 e. The second-order valence-corrected chi connectivity index (χ2v) is 7.86. The van der Waals surface area contributed by atoms with Crippen molar-refractivity contribution >= 4 is 28.3 Å². The van der Waals surface area contributed by atoms with Crippen LogP contribution in [0.3, 0.4) is 0 Å². The van der Waals surface area contributed by atoms with Crippen molar-refractivity contribution < 1.29 is 14.3 Å². The molecule has 0 atom stereocenters. The maximum Gasteiger partial charge on any atom is 0.253 e. The molecule has 7 nitrogen and oxygen atoms in total. The first-order valence-electron chi connectivity index (χ1n) is 9.53. The van der Waals surface area contributed by atoms with E-state index in [0.717, 1.165) is 47.3 Å². The first-order valence-corrected chi connectivity index (χ1v) is 10.4. The predicted octanol–water partition coefficient (Wildman–Crippen LogP) is 3.39. The highest BCUT2D eigenvalue weighted by molar-refractivity contribution is 7.13. The summed E-state index contributed by atoms with van der Waals surface area (Å²) in [6.45, 7) is 1.24. The van der Waals surface area contributed by atoms with Gasteiger partial charge in [-0.15, -0.1) is 11.3 Å². The molecule has 1 amide bonds. The molecule has 1 saturated carbocycles. The fourth-order valence-corrected chi connectivity index (χ4v) is 4.21. The molecule has 148 valence electrons. The highest BCUT2D eigenvalue weighted by Gasteiger charge is 2.24. The van der Waals surface area contributed by atoms with E-state index in [2.05, 4.69) is 20.3 Å². The summed E-state index contributed by atoms with van der Waals surface area (Å²) in [5.41, 5.74) is 4.71. The van der Waals surface area contributed by atoms with E-state index in [1.54, 1.807) is 18.8 Å². The fourth-order valence-electron chi connectivity index (χ4n) is 3.62. The minimum atomic E-state index is -0.0654. The molecular weight excluding hydrogens is 376 g/mol. The zero-order valence-electron chi connectivity index (χ0n) is 15.8. The van der Waals surface area contributed by atoms with Crippen molar-refractivity contribution in [3.63, 3.8) is 0 Å². The maximum absolute atomic E-state index is 13.0. The van der Waals surface area contributed by atoms with E-state index < -0.39 is 0 Å². The standard InChI is InChI=1S/C20H24N4O3S/c1-26-8-9-27-14-4-2-13(3-5-14)23-20(25)15-10-17(18-11-21-12-28-18)24-16-6-7-22-19(15)16/h6-7,10-14,22H,2-5,8-9H2,1H3,(H,23,25)/t13-,14-. The number of rotatable bonds is 7. The van der Waals surface area contributed by atoms with Crippen molar-refractivity contribution in [3.8, 4) is 10.6 Å². The van der Waals surface area contributed by atoms with Crippen LogP contribution in [0.15, 0.2) is 30.0 Å². The summed E-state index contributed by atoms with van der Waals surface area (Å²) in [7, 11) is 1.68. The molecule has 0 bridgehead atoms. The third-order valence-corrected chi connectivity index (χ3v) is 5.89. The van der Waals surface area contributed by atoms with Gasteiger partial charge in [-0.05, 0) is 37.8 Å². The Labute approximate surface area is 167 Å². The summed E-state index contributed by atoms with van der Waals surface area (Å²) >= 11 is 1.51. The highest BCUT2D eigenvalue weighted by Crippen LogP contribution is 2.27. The van der Waals surface area contributed by atoms with E-state index in [1.807, 2.05) is 18.3 Å². The van der Waals surface area contributed by atoms with Crippen LogP contribution in [0.1, 0.15) is 36.0 Å². The van der Waals surface area contributed by atoms with Crippen LogP contribution in [0.5, 0.6) is 0 Å². The topological polar surface area (TPSA) is 89.1 Å². The molecular formula is C20H24N4O3S. The Kier molecular flexibility index (Phi) is 5.99. The number of hydrogen-bond donors (Lipinski definition) is 2. The van der Waals surface area contributed by atoms with Crippen molar-refractivity contribution in [1.82, 2.24) is 20.3 Å². The number of nitrogens with one attached hydrogen (secondary N) is 2. The van der Waals surface area contributed by atoms with Gasteiger partial charge in [0, 0.05) is 25.5 Å². The number of thiazole rings is 1. The van der Waals surface area contributed by atoms with Gasteiger partial charge in [0.2, 0.25) is 0 Å². The zero-order valence-corrected chi connectivity index (χ0v) is 16.6. The number of methoxy groups -OCH3 is 1. The van der Waals surface area contributed by atoms with Gasteiger partial charge in [-0.2, -0.15) is 0 Å². The lowest BCUT2D eigenvalue weighted by Gasteiger charge is -2.29. The maximum atomic E-state index is 13.0. The van der Waals surface area contributed by atoms with Gasteiger partial charge in [-0.1, -0.05) is 0 Å². The first kappa shape index (κ1) is 19.0. The van der Waals surface area contributed by atoms with Crippen molar-refractivity contribution in [1.29, 1.82) is 0 Å². The summed E-state index contributed by atoms with van der Waals surface area (Å²) in [5, 5.41) is 3.20. The van der Waals surface area contributed by atoms with Crippen molar-refractivity contribution in [2.45, 2.75) is 37.8 Å². The monoisotopic (exact) mass is 400 g/mol. The van der Waals surface area contributed by atoms with E-state index >= 15 is 0 Å². The van der Waals surface area contributed by atoms with E-state index in [9.17, 15) is 4.79 Å². The van der Waals surface area contributed by atoms with E-state index in [1.165, 1.54) is 11.3 Å². The van der Waals surface area contributed by atoms with E-state index in [4.69, 9.17) is 9.47 Å². The van der Waals surface area contributed by atoms with E-state index in [-0.39, 0.29) is 18.1 Å². The highest BCUT2D eigenvalue weighted by atomic mass is 32.1. The van der Waals surface area contributed by atoms with Gasteiger partial charge >= 0.3 is 0 Å². The van der Waals surface area contributed by atoms with Crippen molar-refractivity contribution in [2.24, 2.45) is 0 Å². The number of nitrogens with zero attached hydrogens (tertiary/aromatic N) is 2. The Morgan fingerprint density at radius 2 is 2.18 bits per heavy atom. The molecule has 0 aromatic carbocycles. The number of aromatic nitrogens is 3. The van der Waals surface area contributed by atoms with Crippen LogP contribution in [0.4, 0.5) is 0 Å². The van der Waals surface area contributed by atoms with Crippen LogP contribution in [-0.4, -0.2) is 53.3 Å². The molecule has 1 aliphatic carbocycles. The summed E-state index contributed by atoms with van der Waals surface area (Å²) in [6, 6.07) is 3.90. The SMILES string of the molecule is COCCO[C@H]1CC[C@H](NC(=O)c2cc(-c3cncs3)nc3cc[nH]c23)CC1. The smallest absolute Gasteiger partial charge is 0.253 e. The molecule has 1 fully saturated rings. The number of H-pyrrole nitrogens is 1. The average molecular weight is 401 g/mol. The summed E-state index contributed by atoms with van der Waals surface area (Å²) in [5.74, 6) is -0.0654. The van der Waals surface area contributed by atoms with E-state index in [0.29, 0.717) is 18.8 Å². The largest absolute Gasteiger partial charge is 0.382 e. The number of hydrogen-bond acceptors (Lipinski definition) is 6. The van der Waals surface area contributed by atoms with Gasteiger partial charge < -0.3 is 19.8 Å². The molecule has 2 N–H and O–H groups in total. The lowest BCUT2D eigenvalue weighted by atomic mass is 9.92. The molecule has 0 unspecified atom stereocenters. The molecule has 28 heavy (non-hydrogen) atoms. The molecule has 0 saturated heterocycles. The molecule has 0 spiro atoms. The minimum absolute atomic E-state index is 0.0654. The molecule has 3 heterocycles. The van der Waals surface area contributed by atoms with Gasteiger partial charge in [-0.25, -0.2) is 4.98 Å². The summed E-state index contributed by atoms with van der Waals surface area (Å²) in [6.07, 6.45) is 7.60. The first-order chi connectivity index (χ1) is 13.7. The Balaban J connectivity index is 1.44. The number of carbonyl (C=O) groups excluding carboxylic acids is 1. The normalized spacial score (nSPS) is 19.8. The number of amides is 1. The van der Waals surface area contributed by atoms with Crippen LogP contribution in [-0.2, 0) is 9.47 Å². The molecule has 3 aromatic heterocycles. The van der Waals surface area contributed by atoms with Crippen LogP contribution in [0, 0.1) is 0 Å². The number of ether oxygens (including phenoxy) is 2. The van der Waals surface area contributed by atoms with Gasteiger partial charge in [0.15, 0.2) is 0 Å². The van der Waals surface area contributed by atoms with Gasteiger partial charge in [0.05, 0.1) is 52.0 Å². The summed E-state index contributed by atoms with van der Waals surface area (Å²) in [4.78, 5) is 25.9. The molecule has 8 heteroatoms. The number of pyridine rings is 1. The lowest BCUT2D eigenvalue weighted by Crippen LogP contribution is -2.39. The van der Waals surface area contributed by atoms with Crippen LogP contribution in [0.25, 0.3) is 21.6 Å². The van der Waals surface area contributed by atoms with Crippen LogP contribution in [0.2, 0.25) is 0 Å². The fraction of sp³-hybridized carbons (Fsp3) is 0.450. The Bertz CT molecular complexity index is 917. The van der Waals surface area contributed by atoms with Gasteiger partial charge in [0.25, 0.3) is 5.91 Å². The van der Waals surface area contributed by atoms with Crippen molar-refractivity contribution in [2.75, 3.05) is 20.3 Å².